The topological polar surface area (TPSA) is 131 Å². The zero-order chi connectivity index (χ0) is 32.1. The van der Waals surface area contributed by atoms with Crippen molar-refractivity contribution in [1.82, 2.24) is 0 Å². The van der Waals surface area contributed by atoms with Gasteiger partial charge in [-0.15, -0.1) is 0 Å². The number of hydrogen-bond donors (Lipinski definition) is 0. The van der Waals surface area contributed by atoms with Crippen LogP contribution in [0.25, 0.3) is 21.9 Å². The van der Waals surface area contributed by atoms with Crippen molar-refractivity contribution in [3.63, 3.8) is 0 Å². The van der Waals surface area contributed by atoms with E-state index >= 15 is 0 Å². The van der Waals surface area contributed by atoms with E-state index in [4.69, 9.17) is 27.2 Å². The molecule has 0 N–H and O–H groups in total. The molecule has 0 aliphatic carbocycles. The van der Waals surface area contributed by atoms with Gasteiger partial charge in [-0.25, -0.2) is 14.0 Å². The molecule has 12 heteroatoms. The van der Waals surface area contributed by atoms with E-state index in [0.29, 0.717) is 22.7 Å². The average Bonchev–Trinajstić information content (AvgIpc) is 3.63. The van der Waals surface area contributed by atoms with Gasteiger partial charge in [0.05, 0.1) is 4.90 Å². The highest BCUT2D eigenvalue weighted by atomic mass is 32.2. The number of benzene rings is 3. The summed E-state index contributed by atoms with van der Waals surface area (Å²) >= 11 is 0. The summed E-state index contributed by atoms with van der Waals surface area (Å²) in [6.07, 6.45) is 2.56. The van der Waals surface area contributed by atoms with E-state index < -0.39 is 28.0 Å². The lowest BCUT2D eigenvalue weighted by molar-refractivity contribution is 0.198. The van der Waals surface area contributed by atoms with Crippen LogP contribution in [0.2, 0.25) is 0 Å². The molecule has 0 radical (unpaired) electrons. The fourth-order valence-electron chi connectivity index (χ4n) is 4.00. The van der Waals surface area contributed by atoms with Crippen molar-refractivity contribution in [1.29, 1.82) is 0 Å². The molecule has 1 aliphatic heterocycles. The van der Waals surface area contributed by atoms with Crippen LogP contribution in [0.1, 0.15) is 18.4 Å². The highest BCUT2D eigenvalue weighted by Gasteiger charge is 2.14. The van der Waals surface area contributed by atoms with Crippen molar-refractivity contribution in [2.24, 2.45) is 0 Å². The number of halogens is 1. The molecule has 0 amide bonds. The van der Waals surface area contributed by atoms with Gasteiger partial charge in [-0.2, -0.15) is 8.42 Å². The van der Waals surface area contributed by atoms with Gasteiger partial charge in [-0.3, -0.25) is 4.18 Å². The van der Waals surface area contributed by atoms with E-state index in [2.05, 4.69) is 0 Å². The van der Waals surface area contributed by atoms with E-state index in [0.717, 1.165) is 29.5 Å². The smallest absolute Gasteiger partial charge is 0.336 e. The molecule has 1 saturated heterocycles. The standard InChI is InChI=1S/C18H16O6S.C11H9FO3.C4H8O/c1-13-2-7-16(8-3-13)25(20,21)23-11-10-22-15-6-4-14-5-9-18(19)24-17(14)12-15;12-5-6-14-9-3-1-8-2-4-11(13)15-10(8)7-9;1-2-4-5-3-1/h2-9,12H,10-11H2,1H3;1-4,7H,5-6H2;1-4H2. The molecule has 3 heterocycles. The first kappa shape index (κ1) is 33.4. The van der Waals surface area contributed by atoms with Gasteiger partial charge in [0.25, 0.3) is 10.1 Å². The molecule has 1 fully saturated rings. The van der Waals surface area contributed by atoms with Crippen LogP contribution in [-0.2, 0) is 19.0 Å². The average molecular weight is 641 g/mol. The number of alkyl halides is 1. The van der Waals surface area contributed by atoms with E-state index in [1.165, 1.54) is 37.1 Å². The molecular formula is C33H33FO10S. The summed E-state index contributed by atoms with van der Waals surface area (Å²) in [6.45, 7) is 3.23. The third-order valence-electron chi connectivity index (χ3n) is 6.26. The maximum atomic E-state index is 12.0. The maximum absolute atomic E-state index is 12.0. The molecule has 10 nitrogen and oxygen atoms in total. The Morgan fingerprint density at radius 3 is 1.69 bits per heavy atom. The molecule has 45 heavy (non-hydrogen) atoms. The molecule has 0 atom stereocenters. The Bertz CT molecular complexity index is 1890. The SMILES string of the molecule is C1CCOC1.Cc1ccc(S(=O)(=O)OCCOc2ccc3ccc(=O)oc3c2)cc1.O=c1ccc2ccc(OCCF)cc2o1. The second-order valence-electron chi connectivity index (χ2n) is 9.70. The Morgan fingerprint density at radius 1 is 0.689 bits per heavy atom. The van der Waals surface area contributed by atoms with E-state index in [-0.39, 0.29) is 24.7 Å². The maximum Gasteiger partial charge on any atom is 0.336 e. The third-order valence-corrected chi connectivity index (χ3v) is 7.59. The molecular weight excluding hydrogens is 607 g/mol. The van der Waals surface area contributed by atoms with Crippen LogP contribution in [0.3, 0.4) is 0 Å². The van der Waals surface area contributed by atoms with Gasteiger partial charge in [-0.05, 0) is 68.3 Å². The molecule has 2 aromatic heterocycles. The Kier molecular flexibility index (Phi) is 12.3. The summed E-state index contributed by atoms with van der Waals surface area (Å²) in [4.78, 5) is 22.3. The minimum absolute atomic E-state index is 0.00255. The number of ether oxygens (including phenoxy) is 3. The minimum Gasteiger partial charge on any atom is -0.491 e. The molecule has 0 bridgehead atoms. The van der Waals surface area contributed by atoms with Gasteiger partial charge in [0.1, 0.15) is 49.2 Å². The van der Waals surface area contributed by atoms with Crippen LogP contribution in [0.5, 0.6) is 11.5 Å². The van der Waals surface area contributed by atoms with Crippen molar-refractivity contribution in [2.75, 3.05) is 39.7 Å². The van der Waals surface area contributed by atoms with Crippen molar-refractivity contribution in [3.05, 3.63) is 111 Å². The van der Waals surface area contributed by atoms with Gasteiger partial charge >= 0.3 is 11.3 Å². The second kappa shape index (κ2) is 16.5. The fourth-order valence-corrected chi connectivity index (χ4v) is 4.90. The normalized spacial score (nSPS) is 12.6. The van der Waals surface area contributed by atoms with Crippen LogP contribution in [-0.4, -0.2) is 48.1 Å². The predicted molar refractivity (Wildman–Crippen MR) is 166 cm³/mol. The number of aryl methyl sites for hydroxylation is 1. The molecule has 238 valence electrons. The highest BCUT2D eigenvalue weighted by Crippen LogP contribution is 2.20. The fraction of sp³-hybridized carbons (Fsp3) is 0.273. The summed E-state index contributed by atoms with van der Waals surface area (Å²) in [5.74, 6) is 0.952. The first-order valence-corrected chi connectivity index (χ1v) is 15.6. The number of hydrogen-bond acceptors (Lipinski definition) is 10. The summed E-state index contributed by atoms with van der Waals surface area (Å²) in [7, 11) is -3.81. The molecule has 0 saturated carbocycles. The largest absolute Gasteiger partial charge is 0.491 e. The minimum atomic E-state index is -3.81. The zero-order valence-electron chi connectivity index (χ0n) is 24.6. The van der Waals surface area contributed by atoms with Crippen LogP contribution in [0, 0.1) is 6.92 Å². The van der Waals surface area contributed by atoms with Gasteiger partial charge in [0.15, 0.2) is 0 Å². The molecule has 5 aromatic rings. The Balaban J connectivity index is 0.000000193. The van der Waals surface area contributed by atoms with Gasteiger partial charge < -0.3 is 23.0 Å². The zero-order valence-corrected chi connectivity index (χ0v) is 25.4. The monoisotopic (exact) mass is 640 g/mol. The Hall–Kier alpha value is -4.52. The Morgan fingerprint density at radius 2 is 1.20 bits per heavy atom. The molecule has 1 aliphatic rings. The van der Waals surface area contributed by atoms with Gasteiger partial charge in [0.2, 0.25) is 0 Å². The predicted octanol–water partition coefficient (Wildman–Crippen LogP) is 5.82. The van der Waals surface area contributed by atoms with Crippen molar-refractivity contribution >= 4 is 32.1 Å². The first-order chi connectivity index (χ1) is 21.7. The third kappa shape index (κ3) is 10.6. The summed E-state index contributed by atoms with van der Waals surface area (Å²) in [5, 5.41) is 1.58. The quantitative estimate of drug-likeness (QED) is 0.110. The lowest BCUT2D eigenvalue weighted by Crippen LogP contribution is -2.13. The highest BCUT2D eigenvalue weighted by molar-refractivity contribution is 7.86. The Labute approximate surface area is 259 Å². The van der Waals surface area contributed by atoms with Crippen LogP contribution < -0.4 is 20.7 Å². The van der Waals surface area contributed by atoms with Crippen LogP contribution in [0.4, 0.5) is 4.39 Å². The summed E-state index contributed by atoms with van der Waals surface area (Å²) in [6, 6.07) is 22.5. The van der Waals surface area contributed by atoms with Crippen LogP contribution >= 0.6 is 0 Å². The van der Waals surface area contributed by atoms with Crippen molar-refractivity contribution in [2.45, 2.75) is 24.7 Å². The second-order valence-corrected chi connectivity index (χ2v) is 11.3. The van der Waals surface area contributed by atoms with Crippen molar-refractivity contribution in [3.8, 4) is 11.5 Å². The molecule has 0 unspecified atom stereocenters. The summed E-state index contributed by atoms with van der Waals surface area (Å²) < 4.78 is 66.4. The van der Waals surface area contributed by atoms with Crippen LogP contribution in [0.15, 0.2) is 108 Å². The van der Waals surface area contributed by atoms with E-state index in [1.54, 1.807) is 60.7 Å². The molecule has 6 rings (SSSR count). The van der Waals surface area contributed by atoms with E-state index in [1.807, 2.05) is 6.92 Å². The lowest BCUT2D eigenvalue weighted by Gasteiger charge is -2.08. The number of rotatable bonds is 9. The van der Waals surface area contributed by atoms with Gasteiger partial charge in [-0.1, -0.05) is 17.7 Å². The molecule has 3 aromatic carbocycles. The lowest BCUT2D eigenvalue weighted by atomic mass is 10.2. The van der Waals surface area contributed by atoms with Gasteiger partial charge in [0, 0.05) is 48.3 Å². The van der Waals surface area contributed by atoms with Crippen molar-refractivity contribution < 1.29 is 40.0 Å². The first-order valence-electron chi connectivity index (χ1n) is 14.2. The number of fused-ring (bicyclic) bond motifs is 2. The molecule has 0 spiro atoms. The summed E-state index contributed by atoms with van der Waals surface area (Å²) in [5.41, 5.74) is 0.949. The van der Waals surface area contributed by atoms with E-state index in [9.17, 15) is 22.4 Å².